The van der Waals surface area contributed by atoms with Crippen molar-refractivity contribution < 1.29 is 9.53 Å². The molecule has 5 heteroatoms. The molecule has 0 aliphatic heterocycles. The molecule has 0 aliphatic rings. The summed E-state index contributed by atoms with van der Waals surface area (Å²) in [5.74, 6) is 0.720. The Labute approximate surface area is 135 Å². The summed E-state index contributed by atoms with van der Waals surface area (Å²) in [5.41, 5.74) is 1.80. The third kappa shape index (κ3) is 3.74. The number of rotatable bonds is 5. The van der Waals surface area contributed by atoms with Crippen molar-refractivity contribution >= 4 is 23.3 Å². The van der Waals surface area contributed by atoms with Crippen molar-refractivity contribution in [3.05, 3.63) is 52.0 Å². The van der Waals surface area contributed by atoms with Gasteiger partial charge in [0.05, 0.1) is 23.9 Å². The number of hydrogen-bond acceptors (Lipinski definition) is 4. The summed E-state index contributed by atoms with van der Waals surface area (Å²) in [6, 6.07) is 7.66. The third-order valence-electron chi connectivity index (χ3n) is 3.55. The van der Waals surface area contributed by atoms with E-state index in [1.54, 1.807) is 42.5 Å². The number of carbonyl (C=O) groups excluding carboxylic acids is 1. The number of benzene rings is 1. The van der Waals surface area contributed by atoms with Crippen molar-refractivity contribution in [2.75, 3.05) is 14.2 Å². The number of hydrogen-bond donors (Lipinski definition) is 0. The quantitative estimate of drug-likeness (QED) is 0.790. The van der Waals surface area contributed by atoms with Crippen molar-refractivity contribution in [3.63, 3.8) is 0 Å². The van der Waals surface area contributed by atoms with Crippen molar-refractivity contribution in [3.8, 4) is 5.75 Å². The van der Waals surface area contributed by atoms with E-state index < -0.39 is 0 Å². The van der Waals surface area contributed by atoms with Crippen LogP contribution >= 0.6 is 11.3 Å². The van der Waals surface area contributed by atoms with E-state index in [1.165, 1.54) is 0 Å². The van der Waals surface area contributed by atoms with E-state index in [2.05, 4.69) is 4.98 Å². The molecule has 1 amide bonds. The molecule has 0 spiro atoms. The van der Waals surface area contributed by atoms with Crippen LogP contribution in [0.25, 0.3) is 6.08 Å². The molecule has 22 heavy (non-hydrogen) atoms. The van der Waals surface area contributed by atoms with Gasteiger partial charge in [0.15, 0.2) is 0 Å². The minimum absolute atomic E-state index is 0.0657. The van der Waals surface area contributed by atoms with E-state index in [0.29, 0.717) is 0 Å². The van der Waals surface area contributed by atoms with Crippen LogP contribution in [0.15, 0.2) is 35.7 Å². The van der Waals surface area contributed by atoms with E-state index in [1.807, 2.05) is 43.5 Å². The summed E-state index contributed by atoms with van der Waals surface area (Å²) < 4.78 is 5.36. The van der Waals surface area contributed by atoms with Gasteiger partial charge in [0.25, 0.3) is 0 Å². The van der Waals surface area contributed by atoms with Gasteiger partial charge < -0.3 is 9.64 Å². The van der Waals surface area contributed by atoms with Gasteiger partial charge >= 0.3 is 0 Å². The first-order valence-corrected chi connectivity index (χ1v) is 7.90. The van der Waals surface area contributed by atoms with Crippen molar-refractivity contribution in [1.82, 2.24) is 9.88 Å². The molecule has 1 aromatic heterocycles. The van der Waals surface area contributed by atoms with E-state index in [9.17, 15) is 4.79 Å². The molecule has 2 aromatic rings. The minimum atomic E-state index is -0.0783. The average Bonchev–Trinajstić information content (AvgIpc) is 2.96. The fraction of sp³-hybridized carbons (Fsp3) is 0.294. The number of methoxy groups -OCH3 is 1. The summed E-state index contributed by atoms with van der Waals surface area (Å²) in [5, 5.41) is 2.92. The molecule has 0 fully saturated rings. The van der Waals surface area contributed by atoms with Gasteiger partial charge in [-0.25, -0.2) is 4.98 Å². The van der Waals surface area contributed by atoms with Crippen molar-refractivity contribution in [2.45, 2.75) is 19.9 Å². The highest BCUT2D eigenvalue weighted by atomic mass is 32.1. The van der Waals surface area contributed by atoms with Crippen molar-refractivity contribution in [1.29, 1.82) is 0 Å². The molecule has 1 unspecified atom stereocenters. The zero-order valence-electron chi connectivity index (χ0n) is 13.2. The number of ether oxygens (including phenoxy) is 1. The van der Waals surface area contributed by atoms with Crippen LogP contribution in [0.5, 0.6) is 5.75 Å². The highest BCUT2D eigenvalue weighted by Gasteiger charge is 2.18. The number of thiazole rings is 1. The van der Waals surface area contributed by atoms with Gasteiger partial charge in [0.1, 0.15) is 5.75 Å². The Morgan fingerprint density at radius 1 is 1.41 bits per heavy atom. The lowest BCUT2D eigenvalue weighted by molar-refractivity contribution is -0.126. The molecule has 0 N–H and O–H groups in total. The van der Waals surface area contributed by atoms with Gasteiger partial charge in [0.2, 0.25) is 5.91 Å². The van der Waals surface area contributed by atoms with Gasteiger partial charge in [0, 0.05) is 24.1 Å². The number of aromatic nitrogens is 1. The van der Waals surface area contributed by atoms with E-state index in [0.717, 1.165) is 22.0 Å². The number of aryl methyl sites for hydroxylation is 1. The maximum absolute atomic E-state index is 12.3. The summed E-state index contributed by atoms with van der Waals surface area (Å²) in [4.78, 5) is 18.3. The van der Waals surface area contributed by atoms with Gasteiger partial charge in [-0.1, -0.05) is 18.2 Å². The van der Waals surface area contributed by atoms with E-state index >= 15 is 0 Å². The standard InChI is InChI=1S/C17H20N2O2S/c1-12(15-7-5-6-8-16(15)21-4)19(3)17(20)10-9-14-11-22-13(2)18-14/h5-12H,1-4H3/b10-9+. The first-order chi connectivity index (χ1) is 10.5. The van der Waals surface area contributed by atoms with Gasteiger partial charge in [-0.15, -0.1) is 11.3 Å². The highest BCUT2D eigenvalue weighted by molar-refractivity contribution is 7.09. The average molecular weight is 316 g/mol. The zero-order valence-corrected chi connectivity index (χ0v) is 14.1. The largest absolute Gasteiger partial charge is 0.496 e. The number of likely N-dealkylation sites (N-methyl/N-ethyl adjacent to an activating group) is 1. The predicted octanol–water partition coefficient (Wildman–Crippen LogP) is 3.69. The van der Waals surface area contributed by atoms with Crippen LogP contribution in [0.3, 0.4) is 0 Å². The van der Waals surface area contributed by atoms with Crippen LogP contribution in [-0.2, 0) is 4.79 Å². The normalized spacial score (nSPS) is 12.4. The SMILES string of the molecule is COc1ccccc1C(C)N(C)C(=O)/C=C/c1csc(C)n1. The Kier molecular flexibility index (Phi) is 5.33. The Hall–Kier alpha value is -2.14. The molecule has 1 atom stereocenters. The summed E-state index contributed by atoms with van der Waals surface area (Å²) in [6.07, 6.45) is 3.30. The minimum Gasteiger partial charge on any atom is -0.496 e. The maximum Gasteiger partial charge on any atom is 0.246 e. The number of para-hydroxylation sites is 1. The number of amides is 1. The molecule has 0 aliphatic carbocycles. The van der Waals surface area contributed by atoms with E-state index in [-0.39, 0.29) is 11.9 Å². The molecule has 0 saturated heterocycles. The lowest BCUT2D eigenvalue weighted by atomic mass is 10.1. The second kappa shape index (κ2) is 7.22. The summed E-state index contributed by atoms with van der Waals surface area (Å²) in [7, 11) is 3.42. The zero-order chi connectivity index (χ0) is 16.1. The molecular weight excluding hydrogens is 296 g/mol. The van der Waals surface area contributed by atoms with Crippen LogP contribution in [0, 0.1) is 6.92 Å². The van der Waals surface area contributed by atoms with Crippen LogP contribution in [-0.4, -0.2) is 29.9 Å². The molecule has 116 valence electrons. The Bertz CT molecular complexity index is 679. The lowest BCUT2D eigenvalue weighted by Gasteiger charge is -2.25. The molecule has 2 rings (SSSR count). The van der Waals surface area contributed by atoms with Crippen LogP contribution < -0.4 is 4.74 Å². The first-order valence-electron chi connectivity index (χ1n) is 7.03. The molecule has 1 heterocycles. The van der Waals surface area contributed by atoms with Crippen molar-refractivity contribution in [2.24, 2.45) is 0 Å². The van der Waals surface area contributed by atoms with Crippen LogP contribution in [0.4, 0.5) is 0 Å². The molecule has 1 aromatic carbocycles. The monoisotopic (exact) mass is 316 g/mol. The Morgan fingerprint density at radius 2 is 2.14 bits per heavy atom. The molecule has 0 bridgehead atoms. The molecular formula is C17H20N2O2S. The number of carbonyl (C=O) groups is 1. The molecule has 0 saturated carbocycles. The second-order valence-electron chi connectivity index (χ2n) is 4.99. The highest BCUT2D eigenvalue weighted by Crippen LogP contribution is 2.28. The number of nitrogens with zero attached hydrogens (tertiary/aromatic N) is 2. The summed E-state index contributed by atoms with van der Waals surface area (Å²) in [6.45, 7) is 3.93. The van der Waals surface area contributed by atoms with Gasteiger partial charge in [-0.05, 0) is 26.0 Å². The van der Waals surface area contributed by atoms with Crippen LogP contribution in [0.2, 0.25) is 0 Å². The smallest absolute Gasteiger partial charge is 0.246 e. The fourth-order valence-corrected chi connectivity index (χ4v) is 2.72. The third-order valence-corrected chi connectivity index (χ3v) is 4.34. The van der Waals surface area contributed by atoms with Gasteiger partial charge in [-0.3, -0.25) is 4.79 Å². The molecule has 4 nitrogen and oxygen atoms in total. The summed E-state index contributed by atoms with van der Waals surface area (Å²) >= 11 is 1.57. The van der Waals surface area contributed by atoms with E-state index in [4.69, 9.17) is 4.74 Å². The molecule has 0 radical (unpaired) electrons. The predicted molar refractivity (Wildman–Crippen MR) is 90.1 cm³/mol. The fourth-order valence-electron chi connectivity index (χ4n) is 2.14. The lowest BCUT2D eigenvalue weighted by Crippen LogP contribution is -2.28. The van der Waals surface area contributed by atoms with Crippen LogP contribution in [0.1, 0.15) is 29.2 Å². The second-order valence-corrected chi connectivity index (χ2v) is 6.05. The first kappa shape index (κ1) is 16.2. The Morgan fingerprint density at radius 3 is 2.77 bits per heavy atom. The topological polar surface area (TPSA) is 42.4 Å². The van der Waals surface area contributed by atoms with Gasteiger partial charge in [-0.2, -0.15) is 0 Å². The maximum atomic E-state index is 12.3. The Balaban J connectivity index is 2.11.